The van der Waals surface area contributed by atoms with Crippen LogP contribution in [0.4, 0.5) is 0 Å². The van der Waals surface area contributed by atoms with E-state index in [9.17, 15) is 4.79 Å². The molecule has 3 rings (SSSR count). The molecule has 4 heteroatoms. The Bertz CT molecular complexity index is 611. The molecule has 1 aliphatic heterocycles. The summed E-state index contributed by atoms with van der Waals surface area (Å²) >= 11 is 0. The maximum atomic E-state index is 12.1. The summed E-state index contributed by atoms with van der Waals surface area (Å²) in [5, 5.41) is 0. The van der Waals surface area contributed by atoms with Gasteiger partial charge in [0.1, 0.15) is 0 Å². The molecule has 0 saturated carbocycles. The van der Waals surface area contributed by atoms with Crippen LogP contribution >= 0.6 is 0 Å². The van der Waals surface area contributed by atoms with Gasteiger partial charge in [-0.3, -0.25) is 9.47 Å². The van der Waals surface area contributed by atoms with Gasteiger partial charge in [0.2, 0.25) is 0 Å². The van der Waals surface area contributed by atoms with Crippen LogP contribution in [0.25, 0.3) is 11.0 Å². The van der Waals surface area contributed by atoms with Crippen LogP contribution in [-0.2, 0) is 0 Å². The van der Waals surface area contributed by atoms with Crippen LogP contribution in [0.2, 0.25) is 0 Å². The Labute approximate surface area is 99.9 Å². The number of aryl methyl sites for hydroxylation is 1. The van der Waals surface area contributed by atoms with Crippen molar-refractivity contribution < 1.29 is 0 Å². The molecule has 1 saturated heterocycles. The average Bonchev–Trinajstić information content (AvgIpc) is 2.81. The van der Waals surface area contributed by atoms with Gasteiger partial charge >= 0.3 is 5.69 Å². The third kappa shape index (κ3) is 1.60. The number of imidazole rings is 1. The van der Waals surface area contributed by atoms with Crippen molar-refractivity contribution in [3.8, 4) is 0 Å². The largest absolute Gasteiger partial charge is 0.327 e. The van der Waals surface area contributed by atoms with E-state index in [1.54, 1.807) is 0 Å². The first-order chi connectivity index (χ1) is 8.16. The highest BCUT2D eigenvalue weighted by molar-refractivity contribution is 5.76. The van der Waals surface area contributed by atoms with Crippen molar-refractivity contribution in [3.63, 3.8) is 0 Å². The summed E-state index contributed by atoms with van der Waals surface area (Å²) in [7, 11) is 2.08. The fourth-order valence-corrected chi connectivity index (χ4v) is 2.75. The van der Waals surface area contributed by atoms with Crippen LogP contribution in [0.3, 0.4) is 0 Å². The lowest BCUT2D eigenvalue weighted by atomic mass is 10.2. The second kappa shape index (κ2) is 3.74. The first-order valence-corrected chi connectivity index (χ1v) is 6.08. The summed E-state index contributed by atoms with van der Waals surface area (Å²) in [5.41, 5.74) is 3.14. The van der Waals surface area contributed by atoms with Crippen LogP contribution in [-0.4, -0.2) is 28.0 Å². The van der Waals surface area contributed by atoms with Crippen molar-refractivity contribution in [1.82, 2.24) is 14.5 Å². The Morgan fingerprint density at radius 3 is 2.94 bits per heavy atom. The smallest absolute Gasteiger partial charge is 0.305 e. The molecular weight excluding hydrogens is 214 g/mol. The molecule has 90 valence electrons. The van der Waals surface area contributed by atoms with Gasteiger partial charge < -0.3 is 4.98 Å². The molecule has 1 atom stereocenters. The third-order valence-electron chi connectivity index (χ3n) is 3.65. The highest BCUT2D eigenvalue weighted by atomic mass is 16.1. The van der Waals surface area contributed by atoms with Gasteiger partial charge in [0.05, 0.1) is 17.2 Å². The Hall–Kier alpha value is -1.55. The molecule has 0 amide bonds. The van der Waals surface area contributed by atoms with Crippen molar-refractivity contribution in [3.05, 3.63) is 34.2 Å². The second-order valence-corrected chi connectivity index (χ2v) is 4.92. The number of fused-ring (bicyclic) bond motifs is 1. The molecule has 0 spiro atoms. The van der Waals surface area contributed by atoms with Gasteiger partial charge in [0.25, 0.3) is 0 Å². The summed E-state index contributed by atoms with van der Waals surface area (Å²) < 4.78 is 1.90. The molecule has 1 aliphatic rings. The number of hydrogen-bond acceptors (Lipinski definition) is 2. The molecule has 1 aromatic carbocycles. The van der Waals surface area contributed by atoms with Crippen LogP contribution < -0.4 is 5.69 Å². The number of H-pyrrole nitrogens is 1. The lowest BCUT2D eigenvalue weighted by molar-refractivity contribution is 0.238. The molecule has 0 radical (unpaired) electrons. The highest BCUT2D eigenvalue weighted by Crippen LogP contribution is 2.27. The normalized spacial score (nSPS) is 21.4. The Morgan fingerprint density at radius 2 is 2.24 bits per heavy atom. The van der Waals surface area contributed by atoms with Gasteiger partial charge in [-0.1, -0.05) is 6.07 Å². The molecule has 17 heavy (non-hydrogen) atoms. The number of likely N-dealkylation sites (tertiary alicyclic amines) is 1. The number of hydrogen-bond donors (Lipinski definition) is 1. The van der Waals surface area contributed by atoms with Gasteiger partial charge in [-0.05, 0) is 51.1 Å². The maximum Gasteiger partial charge on any atom is 0.327 e. The summed E-state index contributed by atoms with van der Waals surface area (Å²) in [4.78, 5) is 17.2. The van der Waals surface area contributed by atoms with Gasteiger partial charge in [-0.25, -0.2) is 4.79 Å². The first kappa shape index (κ1) is 10.6. The van der Waals surface area contributed by atoms with Crippen molar-refractivity contribution in [2.24, 2.45) is 0 Å². The number of nitrogens with one attached hydrogen (secondary N) is 1. The quantitative estimate of drug-likeness (QED) is 0.814. The standard InChI is InChI=1S/C13H17N3O/c1-9-5-6-10-11(8-9)16(13(17)14-10)12-4-3-7-15(12)2/h5-6,8,12H,3-4,7H2,1-2H3,(H,14,17). The first-order valence-electron chi connectivity index (χ1n) is 6.08. The summed E-state index contributed by atoms with van der Waals surface area (Å²) in [5.74, 6) is 0. The van der Waals surface area contributed by atoms with Gasteiger partial charge in [-0.15, -0.1) is 0 Å². The number of rotatable bonds is 1. The second-order valence-electron chi connectivity index (χ2n) is 4.92. The third-order valence-corrected chi connectivity index (χ3v) is 3.65. The van der Waals surface area contributed by atoms with Crippen molar-refractivity contribution >= 4 is 11.0 Å². The van der Waals surface area contributed by atoms with E-state index in [4.69, 9.17) is 0 Å². The molecule has 4 nitrogen and oxygen atoms in total. The van der Waals surface area contributed by atoms with E-state index in [0.717, 1.165) is 30.4 Å². The zero-order valence-corrected chi connectivity index (χ0v) is 10.2. The fraction of sp³-hybridized carbons (Fsp3) is 0.462. The van der Waals surface area contributed by atoms with Crippen molar-refractivity contribution in [2.75, 3.05) is 13.6 Å². The number of benzene rings is 1. The number of aromatic amines is 1. The molecule has 2 heterocycles. The van der Waals surface area contributed by atoms with E-state index >= 15 is 0 Å². The number of nitrogens with zero attached hydrogens (tertiary/aromatic N) is 2. The van der Waals surface area contributed by atoms with Crippen LogP contribution in [0.15, 0.2) is 23.0 Å². The van der Waals surface area contributed by atoms with Crippen molar-refractivity contribution in [2.45, 2.75) is 25.9 Å². The predicted octanol–water partition coefficient (Wildman–Crippen LogP) is 1.86. The molecule has 1 aromatic heterocycles. The summed E-state index contributed by atoms with van der Waals surface area (Å²) in [6.07, 6.45) is 2.42. The summed E-state index contributed by atoms with van der Waals surface area (Å²) in [6.45, 7) is 3.12. The minimum absolute atomic E-state index is 0.00403. The highest BCUT2D eigenvalue weighted by Gasteiger charge is 2.25. The average molecular weight is 231 g/mol. The predicted molar refractivity (Wildman–Crippen MR) is 68.2 cm³/mol. The molecule has 2 aromatic rings. The van der Waals surface area contributed by atoms with Crippen LogP contribution in [0.1, 0.15) is 24.6 Å². The van der Waals surface area contributed by atoms with E-state index in [2.05, 4.69) is 29.9 Å². The van der Waals surface area contributed by atoms with Gasteiger partial charge in [0.15, 0.2) is 0 Å². The Morgan fingerprint density at radius 1 is 1.41 bits per heavy atom. The van der Waals surface area contributed by atoms with E-state index in [0.29, 0.717) is 0 Å². The summed E-state index contributed by atoms with van der Waals surface area (Å²) in [6, 6.07) is 6.10. The molecule has 1 unspecified atom stereocenters. The molecule has 1 N–H and O–H groups in total. The lowest BCUT2D eigenvalue weighted by Gasteiger charge is -2.20. The maximum absolute atomic E-state index is 12.1. The number of aromatic nitrogens is 2. The topological polar surface area (TPSA) is 41.0 Å². The van der Waals surface area contributed by atoms with Gasteiger partial charge in [0, 0.05) is 0 Å². The Kier molecular flexibility index (Phi) is 2.33. The molecule has 0 aliphatic carbocycles. The van der Waals surface area contributed by atoms with E-state index in [1.807, 2.05) is 16.7 Å². The molecule has 1 fully saturated rings. The van der Waals surface area contributed by atoms with E-state index in [-0.39, 0.29) is 11.9 Å². The van der Waals surface area contributed by atoms with E-state index in [1.165, 1.54) is 5.56 Å². The monoisotopic (exact) mass is 231 g/mol. The molecular formula is C13H17N3O. The minimum Gasteiger partial charge on any atom is -0.305 e. The zero-order valence-electron chi connectivity index (χ0n) is 10.2. The van der Waals surface area contributed by atoms with Gasteiger partial charge in [-0.2, -0.15) is 0 Å². The fourth-order valence-electron chi connectivity index (χ4n) is 2.75. The minimum atomic E-state index is 0.00403. The van der Waals surface area contributed by atoms with E-state index < -0.39 is 0 Å². The lowest BCUT2D eigenvalue weighted by Crippen LogP contribution is -2.30. The molecule has 0 bridgehead atoms. The SMILES string of the molecule is Cc1ccc2[nH]c(=O)n(C3CCCN3C)c2c1. The van der Waals surface area contributed by atoms with Crippen molar-refractivity contribution in [1.29, 1.82) is 0 Å². The Balaban J connectivity index is 2.24. The van der Waals surface area contributed by atoms with Crippen LogP contribution in [0.5, 0.6) is 0 Å². The van der Waals surface area contributed by atoms with Crippen LogP contribution in [0, 0.1) is 6.92 Å². The zero-order chi connectivity index (χ0) is 12.0.